The molecule has 0 aromatic heterocycles. The lowest BCUT2D eigenvalue weighted by Crippen LogP contribution is -2.29. The summed E-state index contributed by atoms with van der Waals surface area (Å²) in [5, 5.41) is 0. The Hall–Kier alpha value is -1.36. The smallest absolute Gasteiger partial charge is 0.124 e. The van der Waals surface area contributed by atoms with E-state index >= 15 is 0 Å². The minimum absolute atomic E-state index is 0.113. The Bertz CT molecular complexity index is 655. The maximum atomic E-state index is 5.83. The fourth-order valence-corrected chi connectivity index (χ4v) is 3.01. The van der Waals surface area contributed by atoms with Crippen LogP contribution in [0.25, 0.3) is 0 Å². The van der Waals surface area contributed by atoms with E-state index in [-0.39, 0.29) is 6.04 Å². The third-order valence-electron chi connectivity index (χ3n) is 3.70. The van der Waals surface area contributed by atoms with Crippen molar-refractivity contribution in [2.75, 3.05) is 7.11 Å². The van der Waals surface area contributed by atoms with Crippen LogP contribution in [-0.4, -0.2) is 7.11 Å². The molecule has 0 fully saturated rings. The first-order valence-corrected chi connectivity index (χ1v) is 7.64. The molecule has 3 N–H and O–H groups in total. The van der Waals surface area contributed by atoms with Crippen molar-refractivity contribution in [2.45, 2.75) is 26.8 Å². The molecule has 21 heavy (non-hydrogen) atoms. The van der Waals surface area contributed by atoms with Gasteiger partial charge in [-0.05, 0) is 55.2 Å². The van der Waals surface area contributed by atoms with Crippen molar-refractivity contribution in [2.24, 2.45) is 5.84 Å². The summed E-state index contributed by atoms with van der Waals surface area (Å²) >= 11 is 3.58. The zero-order valence-corrected chi connectivity index (χ0v) is 14.4. The van der Waals surface area contributed by atoms with Gasteiger partial charge in [0, 0.05) is 10.0 Å². The molecule has 1 atom stereocenters. The lowest BCUT2D eigenvalue weighted by molar-refractivity contribution is 0.403. The molecule has 0 amide bonds. The summed E-state index contributed by atoms with van der Waals surface area (Å²) in [7, 11) is 1.69. The molecule has 0 radical (unpaired) electrons. The van der Waals surface area contributed by atoms with Crippen molar-refractivity contribution in [1.29, 1.82) is 0 Å². The van der Waals surface area contributed by atoms with E-state index in [1.165, 1.54) is 11.1 Å². The van der Waals surface area contributed by atoms with E-state index in [9.17, 15) is 0 Å². The molecular weight excluding hydrogens is 328 g/mol. The van der Waals surface area contributed by atoms with Crippen LogP contribution < -0.4 is 16.0 Å². The molecule has 2 rings (SSSR count). The normalized spacial score (nSPS) is 12.3. The average Bonchev–Trinajstić information content (AvgIpc) is 2.45. The molecule has 0 spiro atoms. The van der Waals surface area contributed by atoms with Crippen LogP contribution in [0.1, 0.15) is 33.9 Å². The van der Waals surface area contributed by atoms with Crippen LogP contribution in [-0.2, 0) is 0 Å². The summed E-state index contributed by atoms with van der Waals surface area (Å²) in [6, 6.07) is 10.3. The van der Waals surface area contributed by atoms with Crippen LogP contribution in [0.4, 0.5) is 0 Å². The van der Waals surface area contributed by atoms with E-state index in [4.69, 9.17) is 10.6 Å². The predicted molar refractivity (Wildman–Crippen MR) is 90.5 cm³/mol. The van der Waals surface area contributed by atoms with Crippen LogP contribution in [0.2, 0.25) is 0 Å². The summed E-state index contributed by atoms with van der Waals surface area (Å²) in [6.45, 7) is 6.21. The zero-order chi connectivity index (χ0) is 15.6. The van der Waals surface area contributed by atoms with Gasteiger partial charge in [0.1, 0.15) is 5.75 Å². The van der Waals surface area contributed by atoms with E-state index in [2.05, 4.69) is 66.4 Å². The minimum atomic E-state index is -0.113. The molecule has 112 valence electrons. The van der Waals surface area contributed by atoms with Crippen molar-refractivity contribution in [3.05, 3.63) is 62.6 Å². The van der Waals surface area contributed by atoms with Gasteiger partial charge in [-0.25, -0.2) is 5.43 Å². The summed E-state index contributed by atoms with van der Waals surface area (Å²) in [5.74, 6) is 6.69. The van der Waals surface area contributed by atoms with Crippen LogP contribution in [0.15, 0.2) is 34.8 Å². The Balaban J connectivity index is 2.58. The predicted octanol–water partition coefficient (Wildman–Crippen LogP) is 3.94. The second kappa shape index (κ2) is 6.60. The van der Waals surface area contributed by atoms with Crippen molar-refractivity contribution in [3.8, 4) is 5.75 Å². The highest BCUT2D eigenvalue weighted by atomic mass is 79.9. The van der Waals surface area contributed by atoms with Gasteiger partial charge in [0.15, 0.2) is 0 Å². The molecule has 0 aliphatic carbocycles. The van der Waals surface area contributed by atoms with Crippen LogP contribution in [0.5, 0.6) is 5.75 Å². The Morgan fingerprint density at radius 1 is 1.10 bits per heavy atom. The Morgan fingerprint density at radius 3 is 2.38 bits per heavy atom. The van der Waals surface area contributed by atoms with Gasteiger partial charge in [0.05, 0.1) is 13.2 Å². The third-order valence-corrected chi connectivity index (χ3v) is 4.55. The standard InChI is InChI=1S/C17H21BrN2O/c1-10-7-12(3)16(15(8-10)21-4)17(20-19)13-6-5-11(2)14(18)9-13/h5-9,17,20H,19H2,1-4H3. The molecule has 0 saturated heterocycles. The second-order valence-electron chi connectivity index (χ2n) is 5.31. The van der Waals surface area contributed by atoms with Gasteiger partial charge < -0.3 is 4.74 Å². The van der Waals surface area contributed by atoms with Gasteiger partial charge in [0.2, 0.25) is 0 Å². The number of aryl methyl sites for hydroxylation is 3. The maximum Gasteiger partial charge on any atom is 0.124 e. The van der Waals surface area contributed by atoms with E-state index in [1.54, 1.807) is 7.11 Å². The topological polar surface area (TPSA) is 47.3 Å². The Morgan fingerprint density at radius 2 is 1.81 bits per heavy atom. The number of ether oxygens (including phenoxy) is 1. The summed E-state index contributed by atoms with van der Waals surface area (Å²) < 4.78 is 6.63. The van der Waals surface area contributed by atoms with Crippen molar-refractivity contribution in [3.63, 3.8) is 0 Å². The molecule has 3 nitrogen and oxygen atoms in total. The number of methoxy groups -OCH3 is 1. The molecule has 1 unspecified atom stereocenters. The Kier molecular flexibility index (Phi) is 5.04. The highest BCUT2D eigenvalue weighted by molar-refractivity contribution is 9.10. The maximum absolute atomic E-state index is 5.83. The van der Waals surface area contributed by atoms with Crippen LogP contribution >= 0.6 is 15.9 Å². The van der Waals surface area contributed by atoms with Crippen molar-refractivity contribution < 1.29 is 4.74 Å². The van der Waals surface area contributed by atoms with Crippen LogP contribution in [0, 0.1) is 20.8 Å². The first-order valence-electron chi connectivity index (χ1n) is 6.85. The van der Waals surface area contributed by atoms with Crippen molar-refractivity contribution in [1.82, 2.24) is 5.43 Å². The van der Waals surface area contributed by atoms with Crippen LogP contribution in [0.3, 0.4) is 0 Å². The highest BCUT2D eigenvalue weighted by Crippen LogP contribution is 2.34. The van der Waals surface area contributed by atoms with E-state index in [1.807, 2.05) is 6.07 Å². The molecule has 0 bridgehead atoms. The number of hydrogen-bond donors (Lipinski definition) is 2. The van der Waals surface area contributed by atoms with Gasteiger partial charge >= 0.3 is 0 Å². The number of hydrazine groups is 1. The average molecular weight is 349 g/mol. The van der Waals surface area contributed by atoms with E-state index in [0.29, 0.717) is 0 Å². The van der Waals surface area contributed by atoms with E-state index < -0.39 is 0 Å². The second-order valence-corrected chi connectivity index (χ2v) is 6.16. The largest absolute Gasteiger partial charge is 0.496 e. The highest BCUT2D eigenvalue weighted by Gasteiger charge is 2.20. The number of halogens is 1. The Labute approximate surface area is 134 Å². The fourth-order valence-electron chi connectivity index (χ4n) is 2.61. The SMILES string of the molecule is COc1cc(C)cc(C)c1C(NN)c1ccc(C)c(Br)c1. The number of hydrogen-bond acceptors (Lipinski definition) is 3. The monoisotopic (exact) mass is 348 g/mol. The molecule has 0 saturated carbocycles. The molecule has 2 aromatic rings. The first kappa shape index (κ1) is 16.0. The van der Waals surface area contributed by atoms with Gasteiger partial charge in [-0.3, -0.25) is 5.84 Å². The lowest BCUT2D eigenvalue weighted by atomic mass is 9.93. The number of rotatable bonds is 4. The van der Waals surface area contributed by atoms with E-state index in [0.717, 1.165) is 26.9 Å². The summed E-state index contributed by atoms with van der Waals surface area (Å²) in [5.41, 5.74) is 8.61. The number of benzene rings is 2. The molecule has 0 heterocycles. The zero-order valence-electron chi connectivity index (χ0n) is 12.8. The molecule has 0 aliphatic rings. The first-order chi connectivity index (χ1) is 9.97. The van der Waals surface area contributed by atoms with Gasteiger partial charge in [-0.2, -0.15) is 0 Å². The molecule has 2 aromatic carbocycles. The van der Waals surface area contributed by atoms with Gasteiger partial charge in [-0.1, -0.05) is 34.1 Å². The lowest BCUT2D eigenvalue weighted by Gasteiger charge is -2.23. The van der Waals surface area contributed by atoms with Gasteiger partial charge in [-0.15, -0.1) is 0 Å². The fraction of sp³-hybridized carbons (Fsp3) is 0.294. The number of nitrogens with one attached hydrogen (secondary N) is 1. The third kappa shape index (κ3) is 3.28. The quantitative estimate of drug-likeness (QED) is 0.649. The molecular formula is C17H21BrN2O. The van der Waals surface area contributed by atoms with Crippen molar-refractivity contribution >= 4 is 15.9 Å². The molecule has 0 aliphatic heterocycles. The summed E-state index contributed by atoms with van der Waals surface area (Å²) in [4.78, 5) is 0. The summed E-state index contributed by atoms with van der Waals surface area (Å²) in [6.07, 6.45) is 0. The van der Waals surface area contributed by atoms with Gasteiger partial charge in [0.25, 0.3) is 0 Å². The number of nitrogens with two attached hydrogens (primary N) is 1. The minimum Gasteiger partial charge on any atom is -0.496 e. The molecule has 4 heteroatoms.